The van der Waals surface area contributed by atoms with E-state index in [2.05, 4.69) is 0 Å². The van der Waals surface area contributed by atoms with Gasteiger partial charge in [0.25, 0.3) is 0 Å². The molecule has 2 amide bonds. The lowest BCUT2D eigenvalue weighted by atomic mass is 10.3. The Balaban J connectivity index is 4.42. The maximum Gasteiger partial charge on any atom is 0.320 e. The molecule has 4 nitrogen and oxygen atoms in total. The van der Waals surface area contributed by atoms with Crippen LogP contribution in [0.4, 0.5) is 4.79 Å². The molecule has 0 bridgehead atoms. The molecule has 0 aliphatic carbocycles. The van der Waals surface area contributed by atoms with E-state index in [4.69, 9.17) is 18.0 Å². The standard InChI is InChI=1S/C8H17N3OS/c1-6(2)11(5-7(9)13)8(12)10(3)4/h6H,5H2,1-4H3,(H2,9,13). The van der Waals surface area contributed by atoms with Crippen molar-refractivity contribution in [2.24, 2.45) is 5.73 Å². The Hall–Kier alpha value is -0.840. The molecule has 0 saturated heterocycles. The SMILES string of the molecule is CC(C)N(CC(N)=S)C(=O)N(C)C. The summed E-state index contributed by atoms with van der Waals surface area (Å²) in [5.41, 5.74) is 5.39. The van der Waals surface area contributed by atoms with Gasteiger partial charge >= 0.3 is 6.03 Å². The summed E-state index contributed by atoms with van der Waals surface area (Å²) >= 11 is 4.76. The fourth-order valence-corrected chi connectivity index (χ4v) is 1.03. The molecule has 13 heavy (non-hydrogen) atoms. The molecule has 76 valence electrons. The summed E-state index contributed by atoms with van der Waals surface area (Å²) in [6, 6.07) is 0.0409. The number of thiocarbonyl (C=S) groups is 1. The van der Waals surface area contributed by atoms with Crippen molar-refractivity contribution in [2.75, 3.05) is 20.6 Å². The average molecular weight is 203 g/mol. The monoisotopic (exact) mass is 203 g/mol. The molecule has 0 saturated carbocycles. The molecule has 0 atom stereocenters. The first-order valence-electron chi connectivity index (χ1n) is 4.12. The highest BCUT2D eigenvalue weighted by molar-refractivity contribution is 7.80. The summed E-state index contributed by atoms with van der Waals surface area (Å²) in [6.07, 6.45) is 0. The van der Waals surface area contributed by atoms with E-state index in [1.165, 1.54) is 4.90 Å². The van der Waals surface area contributed by atoms with Crippen molar-refractivity contribution in [3.8, 4) is 0 Å². The van der Waals surface area contributed by atoms with Crippen molar-refractivity contribution < 1.29 is 4.79 Å². The molecular formula is C8H17N3OS. The zero-order valence-corrected chi connectivity index (χ0v) is 9.39. The van der Waals surface area contributed by atoms with Crippen molar-refractivity contribution in [1.29, 1.82) is 0 Å². The number of nitrogens with zero attached hydrogens (tertiary/aromatic N) is 2. The third-order valence-corrected chi connectivity index (χ3v) is 1.71. The third-order valence-electron chi connectivity index (χ3n) is 1.58. The number of rotatable bonds is 3. The van der Waals surface area contributed by atoms with Gasteiger partial charge in [0.2, 0.25) is 0 Å². The molecule has 0 unspecified atom stereocenters. The van der Waals surface area contributed by atoms with Crippen LogP contribution >= 0.6 is 12.2 Å². The number of nitrogens with two attached hydrogens (primary N) is 1. The summed E-state index contributed by atoms with van der Waals surface area (Å²) in [5.74, 6) is 0. The molecule has 0 aliphatic rings. The van der Waals surface area contributed by atoms with Crippen LogP contribution < -0.4 is 5.73 Å². The minimum atomic E-state index is -0.0669. The van der Waals surface area contributed by atoms with Gasteiger partial charge in [0, 0.05) is 20.1 Å². The van der Waals surface area contributed by atoms with Crippen LogP contribution in [-0.2, 0) is 0 Å². The number of amides is 2. The smallest absolute Gasteiger partial charge is 0.320 e. The van der Waals surface area contributed by atoms with Gasteiger partial charge in [-0.2, -0.15) is 0 Å². The molecule has 2 N–H and O–H groups in total. The van der Waals surface area contributed by atoms with Crippen LogP contribution in [-0.4, -0.2) is 47.5 Å². The molecule has 0 aromatic carbocycles. The van der Waals surface area contributed by atoms with E-state index >= 15 is 0 Å². The molecular weight excluding hydrogens is 186 g/mol. The lowest BCUT2D eigenvalue weighted by molar-refractivity contribution is 0.166. The number of carbonyl (C=O) groups excluding carboxylic acids is 1. The topological polar surface area (TPSA) is 49.6 Å². The summed E-state index contributed by atoms with van der Waals surface area (Å²) in [7, 11) is 3.41. The Bertz CT molecular complexity index is 204. The summed E-state index contributed by atoms with van der Waals surface area (Å²) < 4.78 is 0. The first-order chi connectivity index (χ1) is 5.86. The van der Waals surface area contributed by atoms with Gasteiger partial charge < -0.3 is 15.5 Å². The van der Waals surface area contributed by atoms with Crippen molar-refractivity contribution in [1.82, 2.24) is 9.80 Å². The van der Waals surface area contributed by atoms with Gasteiger partial charge in [0.05, 0.1) is 11.5 Å². The van der Waals surface area contributed by atoms with Crippen molar-refractivity contribution >= 4 is 23.2 Å². The lowest BCUT2D eigenvalue weighted by Gasteiger charge is -2.29. The second-order valence-corrected chi connectivity index (χ2v) is 3.89. The maximum atomic E-state index is 11.6. The van der Waals surface area contributed by atoms with Crippen LogP contribution in [0.5, 0.6) is 0 Å². The van der Waals surface area contributed by atoms with E-state index < -0.39 is 0 Å². The van der Waals surface area contributed by atoms with Crippen LogP contribution in [0.2, 0.25) is 0 Å². The van der Waals surface area contributed by atoms with E-state index in [0.717, 1.165) is 0 Å². The van der Waals surface area contributed by atoms with E-state index in [1.54, 1.807) is 19.0 Å². The number of carbonyl (C=O) groups is 1. The second-order valence-electron chi connectivity index (χ2n) is 3.36. The van der Waals surface area contributed by atoms with Gasteiger partial charge in [-0.1, -0.05) is 12.2 Å². The number of urea groups is 1. The average Bonchev–Trinajstić information content (AvgIpc) is 1.97. The van der Waals surface area contributed by atoms with E-state index in [1.807, 2.05) is 13.8 Å². The minimum absolute atomic E-state index is 0.0669. The van der Waals surface area contributed by atoms with E-state index in [-0.39, 0.29) is 12.1 Å². The molecule has 0 heterocycles. The van der Waals surface area contributed by atoms with Crippen LogP contribution in [0.15, 0.2) is 0 Å². The first-order valence-corrected chi connectivity index (χ1v) is 4.53. The normalized spacial score (nSPS) is 9.92. The van der Waals surface area contributed by atoms with Gasteiger partial charge in [-0.15, -0.1) is 0 Å². The fraction of sp³-hybridized carbons (Fsp3) is 0.750. The predicted octanol–water partition coefficient (Wildman–Crippen LogP) is 0.665. The number of hydrogen-bond donors (Lipinski definition) is 1. The zero-order chi connectivity index (χ0) is 10.6. The molecule has 0 rings (SSSR count). The summed E-state index contributed by atoms with van der Waals surface area (Å²) in [4.78, 5) is 15.0. The molecule has 0 spiro atoms. The van der Waals surface area contributed by atoms with Crippen molar-refractivity contribution in [3.05, 3.63) is 0 Å². The Morgan fingerprint density at radius 3 is 2.15 bits per heavy atom. The molecule has 0 fully saturated rings. The highest BCUT2D eigenvalue weighted by Crippen LogP contribution is 2.01. The molecule has 0 radical (unpaired) electrons. The Morgan fingerprint density at radius 2 is 1.92 bits per heavy atom. The van der Waals surface area contributed by atoms with Crippen molar-refractivity contribution in [2.45, 2.75) is 19.9 Å². The zero-order valence-electron chi connectivity index (χ0n) is 8.57. The van der Waals surface area contributed by atoms with Crippen LogP contribution in [0, 0.1) is 0 Å². The molecule has 0 aliphatic heterocycles. The van der Waals surface area contributed by atoms with Crippen LogP contribution in [0.25, 0.3) is 0 Å². The highest BCUT2D eigenvalue weighted by atomic mass is 32.1. The Labute approximate surface area is 84.7 Å². The quantitative estimate of drug-likeness (QED) is 0.686. The summed E-state index contributed by atoms with van der Waals surface area (Å²) in [6.45, 7) is 4.20. The number of hydrogen-bond acceptors (Lipinski definition) is 2. The van der Waals surface area contributed by atoms with Gasteiger partial charge in [0.1, 0.15) is 0 Å². The molecule has 0 aromatic rings. The second kappa shape index (κ2) is 5.01. The van der Waals surface area contributed by atoms with Crippen LogP contribution in [0.1, 0.15) is 13.8 Å². The van der Waals surface area contributed by atoms with E-state index in [0.29, 0.717) is 11.5 Å². The van der Waals surface area contributed by atoms with Crippen molar-refractivity contribution in [3.63, 3.8) is 0 Å². The largest absolute Gasteiger partial charge is 0.392 e. The predicted molar refractivity (Wildman–Crippen MR) is 57.7 cm³/mol. The minimum Gasteiger partial charge on any atom is -0.392 e. The van der Waals surface area contributed by atoms with Gasteiger partial charge in [-0.25, -0.2) is 4.79 Å². The molecule has 0 aromatic heterocycles. The fourth-order valence-electron chi connectivity index (χ4n) is 0.896. The van der Waals surface area contributed by atoms with Gasteiger partial charge in [-0.05, 0) is 13.8 Å². The summed E-state index contributed by atoms with van der Waals surface area (Å²) in [5, 5.41) is 0. The van der Waals surface area contributed by atoms with Crippen LogP contribution in [0.3, 0.4) is 0 Å². The highest BCUT2D eigenvalue weighted by Gasteiger charge is 2.18. The maximum absolute atomic E-state index is 11.6. The third kappa shape index (κ3) is 4.07. The Morgan fingerprint density at radius 1 is 1.46 bits per heavy atom. The Kier molecular flexibility index (Phi) is 4.69. The lowest BCUT2D eigenvalue weighted by Crippen LogP contribution is -2.46. The van der Waals surface area contributed by atoms with Gasteiger partial charge in [-0.3, -0.25) is 0 Å². The first kappa shape index (κ1) is 12.2. The van der Waals surface area contributed by atoms with E-state index in [9.17, 15) is 4.79 Å². The van der Waals surface area contributed by atoms with Gasteiger partial charge in [0.15, 0.2) is 0 Å². The molecule has 5 heteroatoms.